The van der Waals surface area contributed by atoms with E-state index in [1.807, 2.05) is 38.1 Å². The lowest BCUT2D eigenvalue weighted by Gasteiger charge is -2.18. The number of hydrogen-bond donors (Lipinski definition) is 2. The predicted octanol–water partition coefficient (Wildman–Crippen LogP) is 2.64. The van der Waals surface area contributed by atoms with Gasteiger partial charge in [0.15, 0.2) is 0 Å². The molecule has 0 saturated heterocycles. The number of hydrogen-bond acceptors (Lipinski definition) is 2. The molecule has 3 nitrogen and oxygen atoms in total. The Bertz CT molecular complexity index is 381. The molecule has 0 spiro atoms. The smallest absolute Gasteiger partial charge is 0.237 e. The van der Waals surface area contributed by atoms with Crippen LogP contribution in [0.25, 0.3) is 0 Å². The van der Waals surface area contributed by atoms with Gasteiger partial charge in [0, 0.05) is 5.02 Å². The maximum Gasteiger partial charge on any atom is 0.237 e. The molecule has 1 rings (SSSR count). The molecule has 94 valence electrons. The van der Waals surface area contributed by atoms with Gasteiger partial charge in [-0.1, -0.05) is 43.1 Å². The first-order valence-corrected chi connectivity index (χ1v) is 6.24. The zero-order valence-electron chi connectivity index (χ0n) is 10.2. The van der Waals surface area contributed by atoms with Gasteiger partial charge in [-0.05, 0) is 25.0 Å². The van der Waals surface area contributed by atoms with Crippen LogP contribution < -0.4 is 11.1 Å². The average molecular weight is 255 g/mol. The van der Waals surface area contributed by atoms with Crippen molar-refractivity contribution in [2.75, 3.05) is 0 Å². The van der Waals surface area contributed by atoms with Gasteiger partial charge in [-0.3, -0.25) is 4.79 Å². The van der Waals surface area contributed by atoms with E-state index in [0.717, 1.165) is 12.0 Å². The molecular weight excluding hydrogens is 236 g/mol. The second-order valence-electron chi connectivity index (χ2n) is 4.15. The molecule has 1 amide bonds. The lowest BCUT2D eigenvalue weighted by Crippen LogP contribution is -2.41. The molecule has 0 aromatic heterocycles. The molecule has 4 heteroatoms. The zero-order chi connectivity index (χ0) is 12.8. The van der Waals surface area contributed by atoms with Crippen molar-refractivity contribution in [2.24, 2.45) is 5.73 Å². The standard InChI is InChI=1S/C13H19ClN2O/c1-3-6-12(15)13(17)16-9(2)10-7-4-5-8-11(10)14/h4-5,7-9,12H,3,6,15H2,1-2H3,(H,16,17)/t9-,12+/m0/s1. The quantitative estimate of drug-likeness (QED) is 0.849. The highest BCUT2D eigenvalue weighted by molar-refractivity contribution is 6.31. The molecule has 0 aliphatic heterocycles. The summed E-state index contributed by atoms with van der Waals surface area (Å²) in [7, 11) is 0. The highest BCUT2D eigenvalue weighted by Crippen LogP contribution is 2.22. The molecule has 0 bridgehead atoms. The van der Waals surface area contributed by atoms with Crippen molar-refractivity contribution in [1.82, 2.24) is 5.32 Å². The van der Waals surface area contributed by atoms with E-state index >= 15 is 0 Å². The number of nitrogens with two attached hydrogens (primary N) is 1. The first-order valence-electron chi connectivity index (χ1n) is 5.86. The van der Waals surface area contributed by atoms with Crippen LogP contribution in [0.3, 0.4) is 0 Å². The summed E-state index contributed by atoms with van der Waals surface area (Å²) < 4.78 is 0. The molecule has 0 fully saturated rings. The Hall–Kier alpha value is -1.06. The third-order valence-electron chi connectivity index (χ3n) is 2.67. The third-order valence-corrected chi connectivity index (χ3v) is 3.01. The molecule has 0 aliphatic rings. The number of nitrogens with one attached hydrogen (secondary N) is 1. The van der Waals surface area contributed by atoms with Gasteiger partial charge in [-0.25, -0.2) is 0 Å². The minimum absolute atomic E-state index is 0.126. The highest BCUT2D eigenvalue weighted by atomic mass is 35.5. The highest BCUT2D eigenvalue weighted by Gasteiger charge is 2.16. The number of halogens is 1. The molecular formula is C13H19ClN2O. The van der Waals surface area contributed by atoms with Crippen LogP contribution in [0.5, 0.6) is 0 Å². The number of benzene rings is 1. The second kappa shape index (κ2) is 6.62. The van der Waals surface area contributed by atoms with E-state index in [-0.39, 0.29) is 11.9 Å². The molecule has 0 radical (unpaired) electrons. The SMILES string of the molecule is CCC[C@@H](N)C(=O)N[C@@H](C)c1ccccc1Cl. The van der Waals surface area contributed by atoms with Gasteiger partial charge in [0.1, 0.15) is 0 Å². The van der Waals surface area contributed by atoms with Crippen molar-refractivity contribution in [3.63, 3.8) is 0 Å². The van der Waals surface area contributed by atoms with Crippen molar-refractivity contribution in [3.8, 4) is 0 Å². The largest absolute Gasteiger partial charge is 0.348 e. The fourth-order valence-corrected chi connectivity index (χ4v) is 1.97. The van der Waals surface area contributed by atoms with Crippen molar-refractivity contribution >= 4 is 17.5 Å². The summed E-state index contributed by atoms with van der Waals surface area (Å²) in [5, 5.41) is 3.53. The van der Waals surface area contributed by atoms with E-state index in [4.69, 9.17) is 17.3 Å². The first-order chi connectivity index (χ1) is 8.06. The Balaban J connectivity index is 2.63. The number of carbonyl (C=O) groups excluding carboxylic acids is 1. The Morgan fingerprint density at radius 1 is 1.47 bits per heavy atom. The minimum atomic E-state index is -0.440. The van der Waals surface area contributed by atoms with E-state index in [1.54, 1.807) is 0 Å². The fraction of sp³-hybridized carbons (Fsp3) is 0.462. The van der Waals surface area contributed by atoms with E-state index in [0.29, 0.717) is 11.4 Å². The predicted molar refractivity (Wildman–Crippen MR) is 70.9 cm³/mol. The topological polar surface area (TPSA) is 55.1 Å². The summed E-state index contributed by atoms with van der Waals surface area (Å²) in [5.41, 5.74) is 6.66. The molecule has 1 aromatic carbocycles. The maximum atomic E-state index is 11.7. The van der Waals surface area contributed by atoms with Gasteiger partial charge in [0.25, 0.3) is 0 Å². The number of rotatable bonds is 5. The van der Waals surface area contributed by atoms with Crippen molar-refractivity contribution < 1.29 is 4.79 Å². The van der Waals surface area contributed by atoms with Gasteiger partial charge < -0.3 is 11.1 Å². The van der Waals surface area contributed by atoms with Crippen molar-refractivity contribution in [2.45, 2.75) is 38.8 Å². The van der Waals surface area contributed by atoms with Crippen LogP contribution in [0.2, 0.25) is 5.02 Å². The molecule has 0 heterocycles. The summed E-state index contributed by atoms with van der Waals surface area (Å²) in [6.45, 7) is 3.91. The Morgan fingerprint density at radius 2 is 2.12 bits per heavy atom. The molecule has 0 unspecified atom stereocenters. The van der Waals surface area contributed by atoms with E-state index < -0.39 is 6.04 Å². The number of amides is 1. The first kappa shape index (κ1) is 14.0. The van der Waals surface area contributed by atoms with Gasteiger partial charge >= 0.3 is 0 Å². The van der Waals surface area contributed by atoms with Crippen molar-refractivity contribution in [3.05, 3.63) is 34.9 Å². The normalized spacial score (nSPS) is 14.1. The van der Waals surface area contributed by atoms with Crippen LogP contribution in [-0.2, 0) is 4.79 Å². The fourth-order valence-electron chi connectivity index (χ4n) is 1.67. The summed E-state index contributed by atoms with van der Waals surface area (Å²) in [6, 6.07) is 6.91. The van der Waals surface area contributed by atoms with Gasteiger partial charge in [-0.15, -0.1) is 0 Å². The molecule has 2 atom stereocenters. The summed E-state index contributed by atoms with van der Waals surface area (Å²) in [4.78, 5) is 11.7. The van der Waals surface area contributed by atoms with Gasteiger partial charge in [0.05, 0.1) is 12.1 Å². The molecule has 0 aliphatic carbocycles. The van der Waals surface area contributed by atoms with Gasteiger partial charge in [-0.2, -0.15) is 0 Å². The van der Waals surface area contributed by atoms with E-state index in [2.05, 4.69) is 5.32 Å². The van der Waals surface area contributed by atoms with Crippen LogP contribution in [-0.4, -0.2) is 11.9 Å². The summed E-state index contributed by atoms with van der Waals surface area (Å²) in [6.07, 6.45) is 1.59. The van der Waals surface area contributed by atoms with E-state index in [1.165, 1.54) is 0 Å². The third kappa shape index (κ3) is 4.02. The Kier molecular flexibility index (Phi) is 5.45. The Morgan fingerprint density at radius 3 is 2.71 bits per heavy atom. The molecule has 3 N–H and O–H groups in total. The minimum Gasteiger partial charge on any atom is -0.348 e. The van der Waals surface area contributed by atoms with Crippen LogP contribution >= 0.6 is 11.6 Å². The summed E-state index contributed by atoms with van der Waals surface area (Å²) >= 11 is 6.06. The lowest BCUT2D eigenvalue weighted by atomic mass is 10.1. The van der Waals surface area contributed by atoms with Crippen LogP contribution in [0.1, 0.15) is 38.3 Å². The average Bonchev–Trinajstić information content (AvgIpc) is 2.29. The van der Waals surface area contributed by atoms with Crippen LogP contribution in [0.4, 0.5) is 0 Å². The number of carbonyl (C=O) groups is 1. The maximum absolute atomic E-state index is 11.7. The lowest BCUT2D eigenvalue weighted by molar-refractivity contribution is -0.123. The molecule has 1 aromatic rings. The summed E-state index contributed by atoms with van der Waals surface area (Å²) in [5.74, 6) is -0.126. The molecule has 17 heavy (non-hydrogen) atoms. The molecule has 0 saturated carbocycles. The van der Waals surface area contributed by atoms with Gasteiger partial charge in [0.2, 0.25) is 5.91 Å². The van der Waals surface area contributed by atoms with Crippen LogP contribution in [0, 0.1) is 0 Å². The Labute approximate surface area is 107 Å². The van der Waals surface area contributed by atoms with Crippen LogP contribution in [0.15, 0.2) is 24.3 Å². The van der Waals surface area contributed by atoms with Crippen molar-refractivity contribution in [1.29, 1.82) is 0 Å². The monoisotopic (exact) mass is 254 g/mol. The van der Waals surface area contributed by atoms with E-state index in [9.17, 15) is 4.79 Å². The second-order valence-corrected chi connectivity index (χ2v) is 4.55. The zero-order valence-corrected chi connectivity index (χ0v) is 11.0.